The van der Waals surface area contributed by atoms with Crippen molar-refractivity contribution in [3.63, 3.8) is 0 Å². The normalized spacial score (nSPS) is 14.4. The monoisotopic (exact) mass is 467 g/mol. The zero-order valence-electron chi connectivity index (χ0n) is 17.5. The fraction of sp³-hybridized carbons (Fsp3) is 0.381. The second kappa shape index (κ2) is 10.2. The molecule has 0 radical (unpaired) electrons. The Morgan fingerprint density at radius 3 is 2.39 bits per heavy atom. The van der Waals surface area contributed by atoms with Crippen molar-refractivity contribution in [3.05, 3.63) is 47.5 Å². The molecule has 1 heterocycles. The van der Waals surface area contributed by atoms with Gasteiger partial charge >= 0.3 is 0 Å². The number of nitrogens with one attached hydrogen (secondary N) is 1. The van der Waals surface area contributed by atoms with Crippen LogP contribution in [0, 0.1) is 0 Å². The van der Waals surface area contributed by atoms with E-state index >= 15 is 0 Å². The molecular formula is C21H26ClN3O5S. The van der Waals surface area contributed by atoms with Crippen molar-refractivity contribution in [2.45, 2.75) is 11.3 Å². The Morgan fingerprint density at radius 2 is 1.74 bits per heavy atom. The first-order valence-corrected chi connectivity index (χ1v) is 11.7. The van der Waals surface area contributed by atoms with Gasteiger partial charge in [0, 0.05) is 55.9 Å². The molecule has 0 aromatic heterocycles. The highest BCUT2D eigenvalue weighted by Gasteiger charge is 2.22. The number of benzene rings is 2. The zero-order valence-corrected chi connectivity index (χ0v) is 19.1. The number of nitrogens with zero attached hydrogens (tertiary/aromatic N) is 2. The van der Waals surface area contributed by atoms with Crippen LogP contribution in [0.25, 0.3) is 0 Å². The summed E-state index contributed by atoms with van der Waals surface area (Å²) in [5, 5.41) is 0.678. The highest BCUT2D eigenvalue weighted by atomic mass is 35.5. The minimum Gasteiger partial charge on any atom is -0.493 e. The van der Waals surface area contributed by atoms with Crippen molar-refractivity contribution >= 4 is 33.2 Å². The molecular weight excluding hydrogens is 442 g/mol. The van der Waals surface area contributed by atoms with Crippen LogP contribution < -0.4 is 19.1 Å². The Kier molecular flexibility index (Phi) is 7.64. The summed E-state index contributed by atoms with van der Waals surface area (Å²) in [5.41, 5.74) is 1.03. The van der Waals surface area contributed by atoms with Crippen LogP contribution in [0.15, 0.2) is 47.4 Å². The highest BCUT2D eigenvalue weighted by molar-refractivity contribution is 7.89. The molecule has 0 aliphatic carbocycles. The van der Waals surface area contributed by atoms with E-state index in [9.17, 15) is 13.2 Å². The van der Waals surface area contributed by atoms with Gasteiger partial charge in [-0.05, 0) is 30.3 Å². The number of methoxy groups -OCH3 is 2. The molecule has 2 aromatic rings. The van der Waals surface area contributed by atoms with Crippen LogP contribution in [0.4, 0.5) is 5.69 Å². The number of hydrogen-bond acceptors (Lipinski definition) is 6. The van der Waals surface area contributed by atoms with Crippen LogP contribution in [0.5, 0.6) is 11.5 Å². The smallest absolute Gasteiger partial charge is 0.240 e. The molecule has 31 heavy (non-hydrogen) atoms. The van der Waals surface area contributed by atoms with E-state index in [1.54, 1.807) is 4.90 Å². The van der Waals surface area contributed by atoms with Crippen molar-refractivity contribution in [1.29, 1.82) is 0 Å². The Morgan fingerprint density at radius 1 is 1.03 bits per heavy atom. The summed E-state index contributed by atoms with van der Waals surface area (Å²) in [6.45, 7) is 2.57. The topological polar surface area (TPSA) is 88.2 Å². The largest absolute Gasteiger partial charge is 0.493 e. The maximum atomic E-state index is 12.5. The van der Waals surface area contributed by atoms with Crippen LogP contribution in [0.3, 0.4) is 0 Å². The van der Waals surface area contributed by atoms with Crippen molar-refractivity contribution in [3.8, 4) is 11.5 Å². The van der Waals surface area contributed by atoms with Gasteiger partial charge < -0.3 is 19.3 Å². The highest BCUT2D eigenvalue weighted by Crippen LogP contribution is 2.29. The minimum absolute atomic E-state index is 0.0179. The van der Waals surface area contributed by atoms with Gasteiger partial charge in [0.05, 0.1) is 19.1 Å². The molecule has 1 saturated heterocycles. The van der Waals surface area contributed by atoms with Crippen molar-refractivity contribution < 1.29 is 22.7 Å². The van der Waals surface area contributed by atoms with Gasteiger partial charge in [-0.25, -0.2) is 13.1 Å². The number of anilines is 1. The maximum Gasteiger partial charge on any atom is 0.240 e. The molecule has 10 heteroatoms. The van der Waals surface area contributed by atoms with Gasteiger partial charge in [-0.2, -0.15) is 0 Å². The summed E-state index contributed by atoms with van der Waals surface area (Å²) in [5.74, 6) is 0.674. The van der Waals surface area contributed by atoms with Crippen LogP contribution in [0.2, 0.25) is 5.02 Å². The van der Waals surface area contributed by atoms with E-state index in [-0.39, 0.29) is 23.8 Å². The summed E-state index contributed by atoms with van der Waals surface area (Å²) in [6.07, 6.45) is 0.0870. The third-order valence-electron chi connectivity index (χ3n) is 5.10. The predicted molar refractivity (Wildman–Crippen MR) is 120 cm³/mol. The SMILES string of the molecule is COc1ccc(S(=O)(=O)NCCC(=O)N2CCN(c3cccc(Cl)c3)CC2)cc1OC. The van der Waals surface area contributed by atoms with Gasteiger partial charge in [-0.1, -0.05) is 17.7 Å². The van der Waals surface area contributed by atoms with Crippen LogP contribution in [-0.4, -0.2) is 66.2 Å². The van der Waals surface area contributed by atoms with E-state index in [2.05, 4.69) is 9.62 Å². The Hall–Kier alpha value is -2.49. The van der Waals surface area contributed by atoms with E-state index in [0.717, 1.165) is 5.69 Å². The number of piperazine rings is 1. The lowest BCUT2D eigenvalue weighted by atomic mass is 10.2. The lowest BCUT2D eigenvalue weighted by molar-refractivity contribution is -0.131. The van der Waals surface area contributed by atoms with Crippen molar-refractivity contribution in [1.82, 2.24) is 9.62 Å². The molecule has 168 valence electrons. The van der Waals surface area contributed by atoms with Gasteiger partial charge in [-0.15, -0.1) is 0 Å². The number of carbonyl (C=O) groups excluding carboxylic acids is 1. The summed E-state index contributed by atoms with van der Waals surface area (Å²) in [4.78, 5) is 16.5. The Labute approximate surface area is 187 Å². The van der Waals surface area contributed by atoms with E-state index in [0.29, 0.717) is 42.7 Å². The molecule has 1 aliphatic heterocycles. The van der Waals surface area contributed by atoms with E-state index in [1.807, 2.05) is 24.3 Å². The van der Waals surface area contributed by atoms with Crippen LogP contribution in [-0.2, 0) is 14.8 Å². The Bertz CT molecular complexity index is 1020. The second-order valence-electron chi connectivity index (χ2n) is 7.01. The van der Waals surface area contributed by atoms with Gasteiger partial charge in [0.15, 0.2) is 11.5 Å². The molecule has 0 atom stereocenters. The fourth-order valence-electron chi connectivity index (χ4n) is 3.40. The molecule has 0 saturated carbocycles. The summed E-state index contributed by atoms with van der Waals surface area (Å²) in [7, 11) is -0.856. The number of rotatable bonds is 8. The van der Waals surface area contributed by atoms with Gasteiger partial charge in [0.2, 0.25) is 15.9 Å². The number of amides is 1. The average molecular weight is 468 g/mol. The van der Waals surface area contributed by atoms with E-state index in [4.69, 9.17) is 21.1 Å². The third kappa shape index (κ3) is 5.81. The predicted octanol–water partition coefficient (Wildman–Crippen LogP) is 2.37. The number of carbonyl (C=O) groups is 1. The van der Waals surface area contributed by atoms with Crippen LogP contribution >= 0.6 is 11.6 Å². The average Bonchev–Trinajstić information content (AvgIpc) is 2.78. The van der Waals surface area contributed by atoms with Crippen molar-refractivity contribution in [2.75, 3.05) is 51.8 Å². The maximum absolute atomic E-state index is 12.5. The standard InChI is InChI=1S/C21H26ClN3O5S/c1-29-19-7-6-18(15-20(19)30-2)31(27,28)23-9-8-21(26)25-12-10-24(11-13-25)17-5-3-4-16(22)14-17/h3-7,14-15,23H,8-13H2,1-2H3. The number of ether oxygens (including phenoxy) is 2. The van der Waals surface area contributed by atoms with Gasteiger partial charge in [0.1, 0.15) is 0 Å². The fourth-order valence-corrected chi connectivity index (χ4v) is 4.64. The molecule has 1 N–H and O–H groups in total. The quantitative estimate of drug-likeness (QED) is 0.641. The lowest BCUT2D eigenvalue weighted by Gasteiger charge is -2.36. The zero-order chi connectivity index (χ0) is 22.4. The van der Waals surface area contributed by atoms with E-state index in [1.165, 1.54) is 32.4 Å². The summed E-state index contributed by atoms with van der Waals surface area (Å²) < 4.78 is 37.8. The molecule has 1 amide bonds. The third-order valence-corrected chi connectivity index (χ3v) is 6.80. The van der Waals surface area contributed by atoms with Crippen LogP contribution in [0.1, 0.15) is 6.42 Å². The molecule has 0 spiro atoms. The number of hydrogen-bond donors (Lipinski definition) is 1. The van der Waals surface area contributed by atoms with Gasteiger partial charge in [-0.3, -0.25) is 4.79 Å². The number of halogens is 1. The van der Waals surface area contributed by atoms with Crippen molar-refractivity contribution in [2.24, 2.45) is 0 Å². The molecule has 0 unspecified atom stereocenters. The lowest BCUT2D eigenvalue weighted by Crippen LogP contribution is -2.49. The first-order chi connectivity index (χ1) is 14.8. The molecule has 3 rings (SSSR count). The molecule has 0 bridgehead atoms. The summed E-state index contributed by atoms with van der Waals surface area (Å²) in [6, 6.07) is 12.0. The number of sulfonamides is 1. The molecule has 1 aliphatic rings. The Balaban J connectivity index is 1.50. The first-order valence-electron chi connectivity index (χ1n) is 9.84. The van der Waals surface area contributed by atoms with Gasteiger partial charge in [0.25, 0.3) is 0 Å². The first kappa shape index (κ1) is 23.2. The van der Waals surface area contributed by atoms with E-state index < -0.39 is 10.0 Å². The molecule has 8 nitrogen and oxygen atoms in total. The second-order valence-corrected chi connectivity index (χ2v) is 9.22. The molecule has 1 fully saturated rings. The molecule has 2 aromatic carbocycles. The minimum atomic E-state index is -3.77. The summed E-state index contributed by atoms with van der Waals surface area (Å²) >= 11 is 6.05.